The molecule has 3 atom stereocenters. The lowest BCUT2D eigenvalue weighted by molar-refractivity contribution is -0.168. The summed E-state index contributed by atoms with van der Waals surface area (Å²) in [5.74, 6) is -1.10. The highest BCUT2D eigenvalue weighted by atomic mass is 16.5. The molecule has 1 rings (SSSR count). The molecule has 0 bridgehead atoms. The van der Waals surface area contributed by atoms with Gasteiger partial charge in [0.25, 0.3) is 0 Å². The Bertz CT molecular complexity index is 157. The summed E-state index contributed by atoms with van der Waals surface area (Å²) in [6.07, 6.45) is -2.96. The number of hydrogen-bond acceptors (Lipinski definition) is 4. The zero-order valence-corrected chi connectivity index (χ0v) is 5.80. The Labute approximate surface area is 63.2 Å². The molecule has 0 saturated carbocycles. The molecule has 0 aliphatic carbocycles. The lowest BCUT2D eigenvalue weighted by atomic mass is 10.0. The summed E-state index contributed by atoms with van der Waals surface area (Å²) in [6.45, 7) is -0.113. The smallest absolute Gasteiger partial charge is 0.332 e. The zero-order chi connectivity index (χ0) is 8.43. The highest BCUT2D eigenvalue weighted by Gasteiger charge is 2.32. The van der Waals surface area contributed by atoms with Crippen LogP contribution in [-0.2, 0) is 9.53 Å². The fraction of sp³-hybridized carbons (Fsp3) is 0.833. The van der Waals surface area contributed by atoms with Gasteiger partial charge in [0.1, 0.15) is 6.10 Å². The minimum Gasteiger partial charge on any atom is -0.479 e. The van der Waals surface area contributed by atoms with Crippen molar-refractivity contribution in [2.24, 2.45) is 0 Å². The normalized spacial score (nSPS) is 38.5. The van der Waals surface area contributed by atoms with Gasteiger partial charge in [0.15, 0.2) is 6.10 Å². The fourth-order valence-electron chi connectivity index (χ4n) is 0.942. The molecule has 3 N–H and O–H groups in total. The highest BCUT2D eigenvalue weighted by Crippen LogP contribution is 2.14. The van der Waals surface area contributed by atoms with E-state index in [0.29, 0.717) is 0 Å². The third-order valence-electron chi connectivity index (χ3n) is 1.64. The average Bonchev–Trinajstić information content (AvgIpc) is 1.94. The lowest BCUT2D eigenvalue weighted by Gasteiger charge is -2.27. The van der Waals surface area contributed by atoms with Crippen LogP contribution in [0.3, 0.4) is 0 Å². The summed E-state index contributed by atoms with van der Waals surface area (Å²) in [6, 6.07) is 0. The van der Waals surface area contributed by atoms with Crippen molar-refractivity contribution in [2.75, 3.05) is 6.61 Å². The summed E-state index contributed by atoms with van der Waals surface area (Å²) in [7, 11) is 0. The quantitative estimate of drug-likeness (QED) is 0.440. The SMILES string of the molecule is O=C(O)[C@@H]1C[C@H](O)[C@H](O)CO1. The van der Waals surface area contributed by atoms with Gasteiger partial charge in [0.2, 0.25) is 0 Å². The van der Waals surface area contributed by atoms with Crippen LogP contribution in [0.4, 0.5) is 0 Å². The molecule has 0 aromatic carbocycles. The number of rotatable bonds is 1. The van der Waals surface area contributed by atoms with Crippen molar-refractivity contribution in [3.8, 4) is 0 Å². The van der Waals surface area contributed by atoms with E-state index in [2.05, 4.69) is 0 Å². The van der Waals surface area contributed by atoms with Gasteiger partial charge in [-0.05, 0) is 0 Å². The second-order valence-corrected chi connectivity index (χ2v) is 2.53. The third kappa shape index (κ3) is 1.89. The van der Waals surface area contributed by atoms with Gasteiger partial charge in [0, 0.05) is 6.42 Å². The van der Waals surface area contributed by atoms with Crippen molar-refractivity contribution in [3.63, 3.8) is 0 Å². The van der Waals surface area contributed by atoms with Crippen molar-refractivity contribution in [1.29, 1.82) is 0 Å². The molecule has 5 nitrogen and oxygen atoms in total. The molecule has 0 amide bonds. The standard InChI is InChI=1S/C6H10O5/c7-3-1-5(6(9)10)11-2-4(3)8/h3-5,7-8H,1-2H2,(H,9,10)/t3-,4+,5-/m0/s1. The summed E-state index contributed by atoms with van der Waals surface area (Å²) in [4.78, 5) is 10.3. The number of aliphatic hydroxyl groups excluding tert-OH is 2. The molecule has 1 saturated heterocycles. The molecular formula is C6H10O5. The van der Waals surface area contributed by atoms with Crippen LogP contribution >= 0.6 is 0 Å². The van der Waals surface area contributed by atoms with Gasteiger partial charge in [-0.15, -0.1) is 0 Å². The Hall–Kier alpha value is -0.650. The summed E-state index contributed by atoms with van der Waals surface area (Å²) in [5.41, 5.74) is 0. The van der Waals surface area contributed by atoms with Crippen LogP contribution < -0.4 is 0 Å². The van der Waals surface area contributed by atoms with Crippen LogP contribution in [-0.4, -0.2) is 46.2 Å². The molecular weight excluding hydrogens is 152 g/mol. The molecule has 1 aliphatic rings. The van der Waals surface area contributed by atoms with Crippen LogP contribution in [0.15, 0.2) is 0 Å². The topological polar surface area (TPSA) is 87.0 Å². The van der Waals surface area contributed by atoms with Crippen molar-refractivity contribution in [1.82, 2.24) is 0 Å². The first-order chi connectivity index (χ1) is 5.11. The maximum absolute atomic E-state index is 10.3. The highest BCUT2D eigenvalue weighted by molar-refractivity contribution is 5.72. The molecule has 1 fully saturated rings. The van der Waals surface area contributed by atoms with E-state index in [1.807, 2.05) is 0 Å². The molecule has 0 radical (unpaired) electrons. The van der Waals surface area contributed by atoms with E-state index >= 15 is 0 Å². The predicted molar refractivity (Wildman–Crippen MR) is 34.0 cm³/mol. The number of aliphatic hydroxyl groups is 2. The van der Waals surface area contributed by atoms with Crippen LogP contribution in [0.1, 0.15) is 6.42 Å². The van der Waals surface area contributed by atoms with Gasteiger partial charge >= 0.3 is 5.97 Å². The minimum atomic E-state index is -1.10. The van der Waals surface area contributed by atoms with E-state index in [1.165, 1.54) is 0 Å². The number of carboxylic acid groups (broad SMARTS) is 1. The number of ether oxygens (including phenoxy) is 1. The van der Waals surface area contributed by atoms with Crippen molar-refractivity contribution in [3.05, 3.63) is 0 Å². The number of carbonyl (C=O) groups is 1. The summed E-state index contributed by atoms with van der Waals surface area (Å²) < 4.78 is 4.71. The Balaban J connectivity index is 2.46. The Morgan fingerprint density at radius 1 is 1.36 bits per heavy atom. The summed E-state index contributed by atoms with van der Waals surface area (Å²) >= 11 is 0. The molecule has 1 aliphatic heterocycles. The molecule has 11 heavy (non-hydrogen) atoms. The van der Waals surface area contributed by atoms with Crippen molar-refractivity contribution < 1.29 is 24.9 Å². The van der Waals surface area contributed by atoms with Crippen LogP contribution in [0.2, 0.25) is 0 Å². The molecule has 64 valence electrons. The molecule has 5 heteroatoms. The Kier molecular flexibility index (Phi) is 2.43. The maximum atomic E-state index is 10.3. The van der Waals surface area contributed by atoms with Crippen LogP contribution in [0.5, 0.6) is 0 Å². The van der Waals surface area contributed by atoms with Gasteiger partial charge in [0.05, 0.1) is 12.7 Å². The first kappa shape index (κ1) is 8.45. The van der Waals surface area contributed by atoms with Crippen molar-refractivity contribution >= 4 is 5.97 Å². The van der Waals surface area contributed by atoms with E-state index in [9.17, 15) is 4.79 Å². The maximum Gasteiger partial charge on any atom is 0.332 e. The Morgan fingerprint density at radius 2 is 2.00 bits per heavy atom. The lowest BCUT2D eigenvalue weighted by Crippen LogP contribution is -2.44. The number of aliphatic carboxylic acids is 1. The van der Waals surface area contributed by atoms with E-state index < -0.39 is 24.3 Å². The minimum absolute atomic E-state index is 0.0451. The fourth-order valence-corrected chi connectivity index (χ4v) is 0.942. The van der Waals surface area contributed by atoms with E-state index in [1.54, 1.807) is 0 Å². The van der Waals surface area contributed by atoms with Gasteiger partial charge in [-0.1, -0.05) is 0 Å². The van der Waals surface area contributed by atoms with E-state index in [0.717, 1.165) is 0 Å². The van der Waals surface area contributed by atoms with Gasteiger partial charge in [-0.2, -0.15) is 0 Å². The van der Waals surface area contributed by atoms with Crippen molar-refractivity contribution in [2.45, 2.75) is 24.7 Å². The van der Waals surface area contributed by atoms with Gasteiger partial charge in [-0.3, -0.25) is 0 Å². The second kappa shape index (κ2) is 3.17. The van der Waals surface area contributed by atoms with Gasteiger partial charge in [-0.25, -0.2) is 4.79 Å². The molecule has 0 aromatic rings. The zero-order valence-electron chi connectivity index (χ0n) is 5.80. The summed E-state index contributed by atoms with van der Waals surface area (Å²) in [5, 5.41) is 26.3. The Morgan fingerprint density at radius 3 is 2.45 bits per heavy atom. The predicted octanol–water partition coefficient (Wildman–Crippen LogP) is -1.42. The average molecular weight is 162 g/mol. The van der Waals surface area contributed by atoms with Crippen LogP contribution in [0, 0.1) is 0 Å². The molecule has 0 aromatic heterocycles. The largest absolute Gasteiger partial charge is 0.479 e. The number of hydrogen-bond donors (Lipinski definition) is 3. The molecule has 0 unspecified atom stereocenters. The molecule has 1 heterocycles. The van der Waals surface area contributed by atoms with Gasteiger partial charge < -0.3 is 20.1 Å². The second-order valence-electron chi connectivity index (χ2n) is 2.53. The number of carboxylic acids is 1. The van der Waals surface area contributed by atoms with Crippen LogP contribution in [0.25, 0.3) is 0 Å². The monoisotopic (exact) mass is 162 g/mol. The van der Waals surface area contributed by atoms with E-state index in [4.69, 9.17) is 20.1 Å². The van der Waals surface area contributed by atoms with E-state index in [-0.39, 0.29) is 13.0 Å². The first-order valence-corrected chi connectivity index (χ1v) is 3.32. The third-order valence-corrected chi connectivity index (χ3v) is 1.64. The first-order valence-electron chi connectivity index (χ1n) is 3.32. The molecule has 0 spiro atoms.